The highest BCUT2D eigenvalue weighted by atomic mass is 19.4. The number of hydrogen-bond acceptors (Lipinski definition) is 5. The van der Waals surface area contributed by atoms with Gasteiger partial charge in [0.1, 0.15) is 5.82 Å². The van der Waals surface area contributed by atoms with Crippen molar-refractivity contribution in [2.75, 3.05) is 11.9 Å². The maximum atomic E-state index is 13.7. The second kappa shape index (κ2) is 8.33. The van der Waals surface area contributed by atoms with Gasteiger partial charge in [-0.1, -0.05) is 0 Å². The van der Waals surface area contributed by atoms with Crippen LogP contribution in [-0.2, 0) is 9.53 Å². The lowest BCUT2D eigenvalue weighted by Crippen LogP contribution is -2.53. The van der Waals surface area contributed by atoms with Crippen LogP contribution >= 0.6 is 0 Å². The fraction of sp³-hybridized carbons (Fsp3) is 0.429. The summed E-state index contributed by atoms with van der Waals surface area (Å²) in [5.41, 5.74) is -1.94. The van der Waals surface area contributed by atoms with Crippen LogP contribution < -0.4 is 5.32 Å². The highest BCUT2D eigenvalue weighted by Gasteiger charge is 2.57. The summed E-state index contributed by atoms with van der Waals surface area (Å²) in [6, 6.07) is 3.82. The Labute approximate surface area is 176 Å². The number of rotatable bonds is 4. The van der Waals surface area contributed by atoms with Crippen LogP contribution in [-0.4, -0.2) is 40.0 Å². The molecule has 166 valence electrons. The van der Waals surface area contributed by atoms with Gasteiger partial charge in [-0.15, -0.1) is 0 Å². The van der Waals surface area contributed by atoms with E-state index < -0.39 is 48.4 Å². The Morgan fingerprint density at radius 1 is 1.26 bits per heavy atom. The van der Waals surface area contributed by atoms with Crippen molar-refractivity contribution in [3.63, 3.8) is 0 Å². The van der Waals surface area contributed by atoms with E-state index in [0.717, 1.165) is 13.0 Å². The van der Waals surface area contributed by atoms with Crippen molar-refractivity contribution in [3.8, 4) is 0 Å². The van der Waals surface area contributed by atoms with Gasteiger partial charge in [-0.3, -0.25) is 19.6 Å². The number of carbonyl (C=O) groups is 2. The van der Waals surface area contributed by atoms with Crippen LogP contribution in [0.15, 0.2) is 30.6 Å². The highest BCUT2D eigenvalue weighted by molar-refractivity contribution is 6.04. The summed E-state index contributed by atoms with van der Waals surface area (Å²) in [6.07, 6.45) is -2.57. The molecular formula is C21H21F4N3O3. The zero-order valence-corrected chi connectivity index (χ0v) is 17.1. The van der Waals surface area contributed by atoms with Crippen molar-refractivity contribution in [1.29, 1.82) is 0 Å². The van der Waals surface area contributed by atoms with E-state index in [1.54, 1.807) is 0 Å². The maximum Gasteiger partial charge on any atom is 0.417 e. The van der Waals surface area contributed by atoms with Crippen molar-refractivity contribution in [1.82, 2.24) is 9.97 Å². The molecule has 1 saturated heterocycles. The molecule has 0 unspecified atom stereocenters. The van der Waals surface area contributed by atoms with E-state index in [0.29, 0.717) is 0 Å². The number of anilines is 1. The number of aryl methyl sites for hydroxylation is 1. The molecule has 1 fully saturated rings. The first-order valence-corrected chi connectivity index (χ1v) is 9.52. The Bertz CT molecular complexity index is 1010. The van der Waals surface area contributed by atoms with E-state index in [9.17, 15) is 27.2 Å². The van der Waals surface area contributed by atoms with Crippen LogP contribution in [0.3, 0.4) is 0 Å². The Kier molecular flexibility index (Phi) is 6.13. The molecule has 1 aliphatic rings. The molecule has 0 spiro atoms. The van der Waals surface area contributed by atoms with Gasteiger partial charge < -0.3 is 10.1 Å². The minimum absolute atomic E-state index is 0.0184. The lowest BCUT2D eigenvalue weighted by Gasteiger charge is -2.42. The van der Waals surface area contributed by atoms with Crippen LogP contribution in [0.4, 0.5) is 23.2 Å². The van der Waals surface area contributed by atoms with Gasteiger partial charge in [0.15, 0.2) is 11.4 Å². The summed E-state index contributed by atoms with van der Waals surface area (Å²) >= 11 is 0. The Morgan fingerprint density at radius 2 is 1.97 bits per heavy atom. The van der Waals surface area contributed by atoms with Crippen LogP contribution in [0, 0.1) is 18.7 Å². The van der Waals surface area contributed by atoms with Gasteiger partial charge in [0, 0.05) is 24.0 Å². The molecule has 10 heteroatoms. The van der Waals surface area contributed by atoms with Crippen LogP contribution in [0.25, 0.3) is 0 Å². The lowest BCUT2D eigenvalue weighted by atomic mass is 9.77. The normalized spacial score (nSPS) is 24.0. The second-order valence-electron chi connectivity index (χ2n) is 7.73. The number of nitrogens with zero attached hydrogens (tertiary/aromatic N) is 2. The van der Waals surface area contributed by atoms with E-state index in [2.05, 4.69) is 15.3 Å². The smallest absolute Gasteiger partial charge is 0.365 e. The Hall–Kier alpha value is -2.88. The molecule has 0 aromatic carbocycles. The average Bonchev–Trinajstić information content (AvgIpc) is 2.69. The van der Waals surface area contributed by atoms with Gasteiger partial charge in [0.2, 0.25) is 5.91 Å². The number of aromatic nitrogens is 2. The molecule has 2 aromatic rings. The molecule has 0 aliphatic carbocycles. The molecule has 0 bridgehead atoms. The van der Waals surface area contributed by atoms with Gasteiger partial charge in [-0.25, -0.2) is 4.39 Å². The molecular weight excluding hydrogens is 418 g/mol. The van der Waals surface area contributed by atoms with Crippen molar-refractivity contribution in [2.24, 2.45) is 5.92 Å². The summed E-state index contributed by atoms with van der Waals surface area (Å²) in [7, 11) is 0. The zero-order chi connectivity index (χ0) is 23.0. The molecule has 3 atom stereocenters. The van der Waals surface area contributed by atoms with Gasteiger partial charge in [-0.05, 0) is 45.4 Å². The monoisotopic (exact) mass is 439 g/mol. The van der Waals surface area contributed by atoms with Crippen LogP contribution in [0.1, 0.15) is 47.9 Å². The number of halogens is 4. The molecule has 0 radical (unpaired) electrons. The van der Waals surface area contributed by atoms with Crippen LogP contribution in [0.5, 0.6) is 0 Å². The van der Waals surface area contributed by atoms with Gasteiger partial charge in [-0.2, -0.15) is 13.2 Å². The summed E-state index contributed by atoms with van der Waals surface area (Å²) < 4.78 is 59.7. The lowest BCUT2D eigenvalue weighted by molar-refractivity contribution is -0.289. The number of ether oxygens (including phenoxy) is 1. The van der Waals surface area contributed by atoms with Gasteiger partial charge in [0.25, 0.3) is 0 Å². The van der Waals surface area contributed by atoms with E-state index in [-0.39, 0.29) is 28.4 Å². The molecule has 3 heterocycles. The van der Waals surface area contributed by atoms with Crippen molar-refractivity contribution in [3.05, 3.63) is 53.4 Å². The topological polar surface area (TPSA) is 81.2 Å². The molecule has 3 rings (SSSR count). The van der Waals surface area contributed by atoms with E-state index >= 15 is 0 Å². The number of nitrogens with one attached hydrogen (secondary N) is 1. The van der Waals surface area contributed by atoms with E-state index in [1.807, 2.05) is 0 Å². The molecule has 6 nitrogen and oxygen atoms in total. The highest BCUT2D eigenvalue weighted by Crippen LogP contribution is 2.47. The molecule has 31 heavy (non-hydrogen) atoms. The fourth-order valence-corrected chi connectivity index (χ4v) is 3.56. The average molecular weight is 439 g/mol. The van der Waals surface area contributed by atoms with E-state index in [1.165, 1.54) is 38.4 Å². The maximum absolute atomic E-state index is 13.7. The molecule has 1 aliphatic heterocycles. The van der Waals surface area contributed by atoms with E-state index in [4.69, 9.17) is 4.74 Å². The standard InChI is InChI=1S/C21H21F4N3O3/c1-11-16(22)4-5-17(27-11)13-8-20(3,21(23,24)25)31-10-15(13)19(30)28-18-6-7-26-9-14(18)12(2)29/h4-7,9,13,15H,8,10H2,1-3H3,(H,26,28,30)/t13-,15-,20-/m1/s1. The van der Waals surface area contributed by atoms with Crippen molar-refractivity contribution < 1.29 is 31.9 Å². The Morgan fingerprint density at radius 3 is 2.58 bits per heavy atom. The predicted molar refractivity (Wildman–Crippen MR) is 103 cm³/mol. The van der Waals surface area contributed by atoms with Crippen LogP contribution in [0.2, 0.25) is 0 Å². The minimum Gasteiger partial charge on any atom is -0.365 e. The number of carbonyl (C=O) groups excluding carboxylic acids is 2. The van der Waals surface area contributed by atoms with Gasteiger partial charge in [0.05, 0.1) is 29.5 Å². The third kappa shape index (κ3) is 4.58. The third-order valence-electron chi connectivity index (χ3n) is 5.49. The summed E-state index contributed by atoms with van der Waals surface area (Å²) in [4.78, 5) is 32.8. The minimum atomic E-state index is -4.67. The molecule has 1 amide bonds. The summed E-state index contributed by atoms with van der Waals surface area (Å²) in [6.45, 7) is 3.10. The third-order valence-corrected chi connectivity index (χ3v) is 5.49. The number of ketones is 1. The first-order chi connectivity index (χ1) is 14.4. The second-order valence-corrected chi connectivity index (χ2v) is 7.73. The van der Waals surface area contributed by atoms with Crippen molar-refractivity contribution in [2.45, 2.75) is 44.9 Å². The summed E-state index contributed by atoms with van der Waals surface area (Å²) in [5.74, 6) is -3.59. The SMILES string of the molecule is CC(=O)c1cnccc1NC(=O)[C@@H]1CO[C@@](C)(C(F)(F)F)C[C@H]1c1ccc(F)c(C)n1. The number of amides is 1. The largest absolute Gasteiger partial charge is 0.417 e. The molecule has 0 saturated carbocycles. The predicted octanol–water partition coefficient (Wildman–Crippen LogP) is 4.21. The fourth-order valence-electron chi connectivity index (χ4n) is 3.56. The Balaban J connectivity index is 1.96. The molecule has 1 N–H and O–H groups in total. The number of alkyl halides is 3. The zero-order valence-electron chi connectivity index (χ0n) is 17.1. The summed E-state index contributed by atoms with van der Waals surface area (Å²) in [5, 5.41) is 2.59. The first-order valence-electron chi connectivity index (χ1n) is 9.52. The number of hydrogen-bond donors (Lipinski definition) is 1. The van der Waals surface area contributed by atoms with Crippen molar-refractivity contribution >= 4 is 17.4 Å². The number of Topliss-reactive ketones (excluding diaryl/α,β-unsaturated/α-hetero) is 1. The number of pyridine rings is 2. The van der Waals surface area contributed by atoms with Gasteiger partial charge >= 0.3 is 6.18 Å². The first kappa shape index (κ1) is 22.8. The quantitative estimate of drug-likeness (QED) is 0.570. The molecule has 2 aromatic heterocycles.